The van der Waals surface area contributed by atoms with E-state index in [1.165, 1.54) is 17.8 Å². The summed E-state index contributed by atoms with van der Waals surface area (Å²) in [6.07, 6.45) is 3.13. The number of nitrogens with one attached hydrogen (secondary N) is 1. The zero-order chi connectivity index (χ0) is 14.8. The van der Waals surface area contributed by atoms with Gasteiger partial charge in [-0.2, -0.15) is 0 Å². The fourth-order valence-corrected chi connectivity index (χ4v) is 3.97. The molecule has 114 valence electrons. The van der Waals surface area contributed by atoms with Crippen molar-refractivity contribution in [3.05, 3.63) is 29.8 Å². The number of fused-ring (bicyclic) bond motifs is 2. The van der Waals surface area contributed by atoms with E-state index in [1.54, 1.807) is 0 Å². The molecule has 1 aromatic rings. The molecule has 2 fully saturated rings. The van der Waals surface area contributed by atoms with Gasteiger partial charge >= 0.3 is 0 Å². The molecule has 2 atom stereocenters. The van der Waals surface area contributed by atoms with E-state index in [0.29, 0.717) is 10.9 Å². The Morgan fingerprint density at radius 2 is 2.05 bits per heavy atom. The van der Waals surface area contributed by atoms with Crippen LogP contribution in [0.3, 0.4) is 0 Å². The average molecular weight is 312 g/mol. The maximum atomic E-state index is 13.2. The van der Waals surface area contributed by atoms with Gasteiger partial charge in [-0.25, -0.2) is 8.78 Å². The first-order valence-corrected chi connectivity index (χ1v) is 8.23. The number of hydrogen-bond acceptors (Lipinski definition) is 3. The average Bonchev–Trinajstić information content (AvgIpc) is 2.73. The van der Waals surface area contributed by atoms with Crippen molar-refractivity contribution >= 4 is 17.7 Å². The number of carbonyl (C=O) groups excluding carboxylic acids is 1. The quantitative estimate of drug-likeness (QED) is 0.870. The van der Waals surface area contributed by atoms with E-state index in [2.05, 4.69) is 5.32 Å². The summed E-state index contributed by atoms with van der Waals surface area (Å²) in [5.74, 6) is -1.35. The van der Waals surface area contributed by atoms with Crippen LogP contribution in [0.1, 0.15) is 19.3 Å². The van der Waals surface area contributed by atoms with Crippen LogP contribution in [0.15, 0.2) is 23.1 Å². The summed E-state index contributed by atoms with van der Waals surface area (Å²) >= 11 is 1.27. The third-order valence-electron chi connectivity index (χ3n) is 4.20. The van der Waals surface area contributed by atoms with Crippen LogP contribution in [0.4, 0.5) is 8.78 Å². The Balaban J connectivity index is 1.62. The molecule has 2 aliphatic rings. The van der Waals surface area contributed by atoms with E-state index in [4.69, 9.17) is 0 Å². The third-order valence-corrected chi connectivity index (χ3v) is 5.17. The molecule has 0 aromatic heterocycles. The molecule has 0 aliphatic carbocycles. The highest BCUT2D eigenvalue weighted by Gasteiger charge is 2.37. The molecular weight excluding hydrogens is 294 g/mol. The molecule has 0 spiro atoms. The van der Waals surface area contributed by atoms with Crippen molar-refractivity contribution in [1.29, 1.82) is 0 Å². The molecule has 3 nitrogen and oxygen atoms in total. The van der Waals surface area contributed by atoms with E-state index >= 15 is 0 Å². The van der Waals surface area contributed by atoms with Crippen LogP contribution in [0.2, 0.25) is 0 Å². The summed E-state index contributed by atoms with van der Waals surface area (Å²) in [5.41, 5.74) is 0. The molecule has 2 bridgehead atoms. The van der Waals surface area contributed by atoms with Gasteiger partial charge in [0.2, 0.25) is 5.91 Å². The van der Waals surface area contributed by atoms with E-state index < -0.39 is 11.6 Å². The molecule has 6 heteroatoms. The molecule has 0 radical (unpaired) electrons. The van der Waals surface area contributed by atoms with Crippen molar-refractivity contribution in [2.75, 3.05) is 18.8 Å². The van der Waals surface area contributed by atoms with Crippen molar-refractivity contribution in [2.24, 2.45) is 0 Å². The van der Waals surface area contributed by atoms with Gasteiger partial charge in [0.1, 0.15) is 0 Å². The Bertz CT molecular complexity index is 526. The maximum Gasteiger partial charge on any atom is 0.233 e. The monoisotopic (exact) mass is 312 g/mol. The number of halogens is 2. The van der Waals surface area contributed by atoms with Gasteiger partial charge in [0, 0.05) is 23.5 Å². The largest absolute Gasteiger partial charge is 0.335 e. The first kappa shape index (κ1) is 14.8. The second-order valence-corrected chi connectivity index (χ2v) is 6.59. The van der Waals surface area contributed by atoms with Crippen molar-refractivity contribution < 1.29 is 13.6 Å². The van der Waals surface area contributed by atoms with Crippen LogP contribution in [-0.2, 0) is 4.79 Å². The number of benzene rings is 1. The molecule has 2 saturated heterocycles. The first-order chi connectivity index (χ1) is 10.1. The number of nitrogens with zero attached hydrogens (tertiary/aromatic N) is 1. The summed E-state index contributed by atoms with van der Waals surface area (Å²) in [6.45, 7) is 1.82. The second kappa shape index (κ2) is 6.32. The van der Waals surface area contributed by atoms with E-state index in [9.17, 15) is 13.6 Å². The molecule has 2 aliphatic heterocycles. The van der Waals surface area contributed by atoms with E-state index in [0.717, 1.165) is 44.5 Å². The van der Waals surface area contributed by atoms with Gasteiger partial charge < -0.3 is 10.2 Å². The fourth-order valence-electron chi connectivity index (χ4n) is 3.18. The van der Waals surface area contributed by atoms with Crippen LogP contribution < -0.4 is 5.32 Å². The van der Waals surface area contributed by atoms with Crippen LogP contribution in [0, 0.1) is 11.6 Å². The highest BCUT2D eigenvalue weighted by atomic mass is 32.2. The SMILES string of the molecule is O=C(CSc1ccc(F)c(F)c1)N1C2CCNCC1CC2. The predicted molar refractivity (Wildman–Crippen MR) is 78.2 cm³/mol. The van der Waals surface area contributed by atoms with Crippen LogP contribution >= 0.6 is 11.8 Å². The summed E-state index contributed by atoms with van der Waals surface area (Å²) in [4.78, 5) is 15.0. The molecule has 2 heterocycles. The molecule has 1 aromatic carbocycles. The molecule has 0 saturated carbocycles. The van der Waals surface area contributed by atoms with Crippen molar-refractivity contribution in [1.82, 2.24) is 10.2 Å². The molecule has 2 unspecified atom stereocenters. The van der Waals surface area contributed by atoms with Gasteiger partial charge in [0.05, 0.1) is 5.75 Å². The fraction of sp³-hybridized carbons (Fsp3) is 0.533. The highest BCUT2D eigenvalue weighted by molar-refractivity contribution is 8.00. The Hall–Kier alpha value is -1.14. The number of thioether (sulfide) groups is 1. The standard InChI is InChI=1S/C15H18F2N2OS/c16-13-4-3-12(7-14(13)17)21-9-15(20)19-10-1-2-11(19)8-18-6-5-10/h3-4,7,10-11,18H,1-2,5-6,8-9H2. The number of rotatable bonds is 3. The van der Waals surface area contributed by atoms with Gasteiger partial charge in [0.15, 0.2) is 11.6 Å². The van der Waals surface area contributed by atoms with Crippen molar-refractivity contribution in [2.45, 2.75) is 36.2 Å². The molecule has 21 heavy (non-hydrogen) atoms. The minimum Gasteiger partial charge on any atom is -0.335 e. The van der Waals surface area contributed by atoms with E-state index in [1.807, 2.05) is 4.90 Å². The highest BCUT2D eigenvalue weighted by Crippen LogP contribution is 2.29. The minimum atomic E-state index is -0.869. The number of carbonyl (C=O) groups is 1. The summed E-state index contributed by atoms with van der Waals surface area (Å²) in [5, 5.41) is 3.36. The van der Waals surface area contributed by atoms with Gasteiger partial charge in [-0.05, 0) is 44.0 Å². The summed E-state index contributed by atoms with van der Waals surface area (Å²) < 4.78 is 26.0. The Morgan fingerprint density at radius 3 is 2.86 bits per heavy atom. The number of amides is 1. The lowest BCUT2D eigenvalue weighted by Crippen LogP contribution is -2.43. The van der Waals surface area contributed by atoms with Crippen LogP contribution in [-0.4, -0.2) is 41.7 Å². The predicted octanol–water partition coefficient (Wildman–Crippen LogP) is 2.41. The zero-order valence-corrected chi connectivity index (χ0v) is 12.5. The number of hydrogen-bond donors (Lipinski definition) is 1. The Labute approximate surface area is 127 Å². The summed E-state index contributed by atoms with van der Waals surface area (Å²) in [6, 6.07) is 4.38. The van der Waals surface area contributed by atoms with Gasteiger partial charge in [-0.3, -0.25) is 4.79 Å². The molecule has 1 amide bonds. The lowest BCUT2D eigenvalue weighted by atomic mass is 10.1. The Morgan fingerprint density at radius 1 is 1.24 bits per heavy atom. The third kappa shape index (κ3) is 3.21. The van der Waals surface area contributed by atoms with Gasteiger partial charge in [-0.1, -0.05) is 0 Å². The molecule has 3 rings (SSSR count). The maximum absolute atomic E-state index is 13.2. The molecule has 1 N–H and O–H groups in total. The lowest BCUT2D eigenvalue weighted by molar-refractivity contribution is -0.130. The topological polar surface area (TPSA) is 32.3 Å². The normalized spacial score (nSPS) is 25.0. The minimum absolute atomic E-state index is 0.0981. The van der Waals surface area contributed by atoms with Crippen molar-refractivity contribution in [3.8, 4) is 0 Å². The Kier molecular flexibility index (Phi) is 4.45. The smallest absolute Gasteiger partial charge is 0.233 e. The second-order valence-electron chi connectivity index (χ2n) is 5.54. The summed E-state index contributed by atoms with van der Waals surface area (Å²) in [7, 11) is 0. The van der Waals surface area contributed by atoms with E-state index in [-0.39, 0.29) is 17.7 Å². The lowest BCUT2D eigenvalue weighted by Gasteiger charge is -2.27. The van der Waals surface area contributed by atoms with Crippen LogP contribution in [0.25, 0.3) is 0 Å². The van der Waals surface area contributed by atoms with Crippen LogP contribution in [0.5, 0.6) is 0 Å². The molecular formula is C15H18F2N2OS. The van der Waals surface area contributed by atoms with Crippen molar-refractivity contribution in [3.63, 3.8) is 0 Å². The zero-order valence-electron chi connectivity index (χ0n) is 11.6. The van der Waals surface area contributed by atoms with Gasteiger partial charge in [-0.15, -0.1) is 11.8 Å². The van der Waals surface area contributed by atoms with Gasteiger partial charge in [0.25, 0.3) is 0 Å². The first-order valence-electron chi connectivity index (χ1n) is 7.25.